The highest BCUT2D eigenvalue weighted by Gasteiger charge is 2.17. The molecule has 0 radical (unpaired) electrons. The Morgan fingerprint density at radius 1 is 1.29 bits per heavy atom. The van der Waals surface area contributed by atoms with Gasteiger partial charge in [-0.05, 0) is 32.2 Å². The molecule has 110 valence electrons. The lowest BCUT2D eigenvalue weighted by molar-refractivity contribution is 0.674. The summed E-state index contributed by atoms with van der Waals surface area (Å²) in [6.07, 6.45) is 0. The number of fused-ring (bicyclic) bond motifs is 1. The maximum Gasteiger partial charge on any atom is 0.158 e. The summed E-state index contributed by atoms with van der Waals surface area (Å²) in [4.78, 5) is 12.7. The first-order chi connectivity index (χ1) is 10.1. The van der Waals surface area contributed by atoms with E-state index < -0.39 is 0 Å². The Bertz CT molecular complexity index is 760. The molecule has 0 saturated heterocycles. The van der Waals surface area contributed by atoms with Crippen molar-refractivity contribution in [1.82, 2.24) is 19.7 Å². The van der Waals surface area contributed by atoms with E-state index in [1.165, 1.54) is 4.88 Å². The number of thiophene rings is 1. The molecule has 6 heteroatoms. The molecule has 0 aliphatic carbocycles. The zero-order valence-corrected chi connectivity index (χ0v) is 13.6. The number of hydrogen-bond donors (Lipinski definition) is 0. The van der Waals surface area contributed by atoms with Crippen molar-refractivity contribution in [3.8, 4) is 0 Å². The van der Waals surface area contributed by atoms with Gasteiger partial charge < -0.3 is 4.90 Å². The van der Waals surface area contributed by atoms with Gasteiger partial charge in [0.25, 0.3) is 0 Å². The van der Waals surface area contributed by atoms with Crippen molar-refractivity contribution >= 4 is 28.2 Å². The summed E-state index contributed by atoms with van der Waals surface area (Å²) in [6, 6.07) is 4.23. The Labute approximate surface area is 128 Å². The summed E-state index contributed by atoms with van der Waals surface area (Å²) in [7, 11) is 2.07. The van der Waals surface area contributed by atoms with E-state index in [2.05, 4.69) is 51.5 Å². The van der Waals surface area contributed by atoms with Crippen LogP contribution in [0.3, 0.4) is 0 Å². The highest BCUT2D eigenvalue weighted by Crippen LogP contribution is 2.27. The van der Waals surface area contributed by atoms with Gasteiger partial charge in [-0.3, -0.25) is 4.68 Å². The van der Waals surface area contributed by atoms with Crippen LogP contribution in [0.5, 0.6) is 0 Å². The van der Waals surface area contributed by atoms with Crippen LogP contribution in [0.1, 0.15) is 23.3 Å². The van der Waals surface area contributed by atoms with Gasteiger partial charge in [0, 0.05) is 18.5 Å². The highest BCUT2D eigenvalue weighted by molar-refractivity contribution is 7.09. The van der Waals surface area contributed by atoms with Crippen LogP contribution < -0.4 is 4.90 Å². The number of anilines is 1. The fourth-order valence-electron chi connectivity index (χ4n) is 2.53. The molecule has 3 rings (SSSR count). The van der Waals surface area contributed by atoms with Crippen molar-refractivity contribution in [3.05, 3.63) is 33.9 Å². The van der Waals surface area contributed by atoms with E-state index in [1.54, 1.807) is 11.3 Å². The second kappa shape index (κ2) is 5.44. The van der Waals surface area contributed by atoms with E-state index in [4.69, 9.17) is 0 Å². The van der Waals surface area contributed by atoms with Crippen LogP contribution >= 0.6 is 11.3 Å². The first-order valence-electron chi connectivity index (χ1n) is 7.05. The van der Waals surface area contributed by atoms with Crippen LogP contribution in [0.25, 0.3) is 11.0 Å². The minimum absolute atomic E-state index is 0.786. The number of aromatic nitrogens is 4. The summed E-state index contributed by atoms with van der Waals surface area (Å²) in [5, 5.41) is 6.68. The van der Waals surface area contributed by atoms with Crippen LogP contribution in [0, 0.1) is 13.8 Å². The highest BCUT2D eigenvalue weighted by atomic mass is 32.1. The quantitative estimate of drug-likeness (QED) is 0.742. The first kappa shape index (κ1) is 14.0. The fourth-order valence-corrected chi connectivity index (χ4v) is 3.28. The van der Waals surface area contributed by atoms with E-state index in [-0.39, 0.29) is 0 Å². The zero-order valence-electron chi connectivity index (χ0n) is 12.8. The van der Waals surface area contributed by atoms with Crippen LogP contribution in [-0.4, -0.2) is 26.8 Å². The maximum atomic E-state index is 4.66. The van der Waals surface area contributed by atoms with Crippen molar-refractivity contribution < 1.29 is 0 Å². The van der Waals surface area contributed by atoms with Gasteiger partial charge in [-0.1, -0.05) is 6.07 Å². The molecule has 3 aromatic rings. The molecule has 3 heterocycles. The second-order valence-corrected chi connectivity index (χ2v) is 6.16. The average molecular weight is 301 g/mol. The molecule has 0 saturated carbocycles. The van der Waals surface area contributed by atoms with E-state index in [0.29, 0.717) is 0 Å². The predicted octanol–water partition coefficient (Wildman–Crippen LogP) is 3.16. The van der Waals surface area contributed by atoms with E-state index in [9.17, 15) is 0 Å². The molecule has 0 aliphatic heterocycles. The summed E-state index contributed by atoms with van der Waals surface area (Å²) >= 11 is 1.76. The Morgan fingerprint density at radius 2 is 2.10 bits per heavy atom. The topological polar surface area (TPSA) is 46.8 Å². The Hall–Kier alpha value is -1.95. The molecule has 0 bridgehead atoms. The number of aryl methyl sites for hydroxylation is 3. The maximum absolute atomic E-state index is 4.66. The molecule has 0 spiro atoms. The molecule has 0 atom stereocenters. The third-order valence-corrected chi connectivity index (χ3v) is 4.34. The van der Waals surface area contributed by atoms with Crippen molar-refractivity contribution in [1.29, 1.82) is 0 Å². The second-order valence-electron chi connectivity index (χ2n) is 5.13. The third-order valence-electron chi connectivity index (χ3n) is 3.48. The monoisotopic (exact) mass is 301 g/mol. The van der Waals surface area contributed by atoms with Crippen molar-refractivity contribution in [2.24, 2.45) is 0 Å². The molecule has 0 aromatic carbocycles. The normalized spacial score (nSPS) is 11.2. The van der Waals surface area contributed by atoms with Gasteiger partial charge in [0.05, 0.1) is 12.2 Å². The smallest absolute Gasteiger partial charge is 0.158 e. The first-order valence-corrected chi connectivity index (χ1v) is 7.93. The Balaban J connectivity index is 2.12. The molecule has 0 aliphatic rings. The minimum atomic E-state index is 0.786. The number of nitrogens with zero attached hydrogens (tertiary/aromatic N) is 5. The number of hydrogen-bond acceptors (Lipinski definition) is 5. The Kier molecular flexibility index (Phi) is 3.63. The van der Waals surface area contributed by atoms with Gasteiger partial charge in [-0.15, -0.1) is 11.3 Å². The van der Waals surface area contributed by atoms with E-state index in [1.807, 2.05) is 18.5 Å². The van der Waals surface area contributed by atoms with E-state index in [0.717, 1.165) is 41.5 Å². The molecular weight excluding hydrogens is 282 g/mol. The lowest BCUT2D eigenvalue weighted by Crippen LogP contribution is -2.19. The van der Waals surface area contributed by atoms with Gasteiger partial charge in [0.2, 0.25) is 0 Å². The summed E-state index contributed by atoms with van der Waals surface area (Å²) in [6.45, 7) is 7.69. The van der Waals surface area contributed by atoms with Crippen molar-refractivity contribution in [2.45, 2.75) is 33.9 Å². The SMILES string of the molecule is CCn1nc(C)c2nc(C)nc(N(C)Cc3cccs3)c21. The lowest BCUT2D eigenvalue weighted by Gasteiger charge is -2.19. The standard InChI is InChI=1S/C15H19N5S/c1-5-20-14-13(10(2)18-20)16-11(3)17-15(14)19(4)9-12-7-6-8-21-12/h6-8H,5,9H2,1-4H3. The molecule has 21 heavy (non-hydrogen) atoms. The Morgan fingerprint density at radius 3 is 2.76 bits per heavy atom. The molecular formula is C15H19N5S. The fraction of sp³-hybridized carbons (Fsp3) is 0.400. The van der Waals surface area contributed by atoms with Gasteiger partial charge >= 0.3 is 0 Å². The molecule has 3 aromatic heterocycles. The van der Waals surface area contributed by atoms with E-state index >= 15 is 0 Å². The van der Waals surface area contributed by atoms with Crippen LogP contribution in [0.4, 0.5) is 5.82 Å². The molecule has 0 N–H and O–H groups in total. The molecule has 5 nitrogen and oxygen atoms in total. The molecule has 0 unspecified atom stereocenters. The van der Waals surface area contributed by atoms with Crippen LogP contribution in [-0.2, 0) is 13.1 Å². The molecule has 0 fully saturated rings. The predicted molar refractivity (Wildman–Crippen MR) is 86.9 cm³/mol. The van der Waals surface area contributed by atoms with Crippen molar-refractivity contribution in [3.63, 3.8) is 0 Å². The summed E-state index contributed by atoms with van der Waals surface area (Å²) in [5.74, 6) is 1.74. The van der Waals surface area contributed by atoms with Crippen LogP contribution in [0.15, 0.2) is 17.5 Å². The van der Waals surface area contributed by atoms with Gasteiger partial charge in [0.15, 0.2) is 5.82 Å². The van der Waals surface area contributed by atoms with Gasteiger partial charge in [-0.25, -0.2) is 9.97 Å². The van der Waals surface area contributed by atoms with Crippen molar-refractivity contribution in [2.75, 3.05) is 11.9 Å². The summed E-state index contributed by atoms with van der Waals surface area (Å²) in [5.41, 5.74) is 2.94. The largest absolute Gasteiger partial charge is 0.353 e. The van der Waals surface area contributed by atoms with Gasteiger partial charge in [0.1, 0.15) is 16.9 Å². The van der Waals surface area contributed by atoms with Gasteiger partial charge in [-0.2, -0.15) is 5.10 Å². The lowest BCUT2D eigenvalue weighted by atomic mass is 10.3. The third kappa shape index (κ3) is 2.51. The summed E-state index contributed by atoms with van der Waals surface area (Å²) < 4.78 is 1.99. The minimum Gasteiger partial charge on any atom is -0.353 e. The average Bonchev–Trinajstić information content (AvgIpc) is 3.06. The molecule has 0 amide bonds. The zero-order chi connectivity index (χ0) is 15.0. The van der Waals surface area contributed by atoms with Crippen LogP contribution in [0.2, 0.25) is 0 Å². The number of rotatable bonds is 4.